The zero-order valence-corrected chi connectivity index (χ0v) is 18.8. The lowest BCUT2D eigenvalue weighted by Crippen LogP contribution is -2.59. The fourth-order valence-corrected chi connectivity index (χ4v) is 8.48. The number of benzene rings is 2. The topological polar surface area (TPSA) is 37.6 Å². The quantitative estimate of drug-likeness (QED) is 0.590. The molecule has 3 aliphatic heterocycles. The highest BCUT2D eigenvalue weighted by atomic mass is 16.6. The van der Waals surface area contributed by atoms with Gasteiger partial charge in [-0.05, 0) is 76.1 Å². The standard InChI is InChI=1S/C29H28O3/c1-27(2)20-13-22(27)28(3)26(31-28)23(20)16-5-7-18-15(10-16)8-9-29(25(18)32-29)17-6-4-14-11-21-24(30-21)19(14)12-17/h4-10,12,20-26H,11,13H2,1-3H3. The van der Waals surface area contributed by atoms with Gasteiger partial charge in [0.2, 0.25) is 0 Å². The Hall–Kier alpha value is -1.94. The molecule has 8 aliphatic rings. The maximum atomic E-state index is 6.43. The number of epoxide rings is 3. The van der Waals surface area contributed by atoms with Crippen LogP contribution < -0.4 is 0 Å². The Morgan fingerprint density at radius 2 is 1.88 bits per heavy atom. The molecule has 0 radical (unpaired) electrons. The monoisotopic (exact) mass is 424 g/mol. The summed E-state index contributed by atoms with van der Waals surface area (Å²) in [5.74, 6) is 1.98. The Kier molecular flexibility index (Phi) is 2.71. The number of hydrogen-bond acceptors (Lipinski definition) is 3. The molecule has 5 aliphatic carbocycles. The van der Waals surface area contributed by atoms with Gasteiger partial charge in [0, 0.05) is 12.3 Å². The summed E-state index contributed by atoms with van der Waals surface area (Å²) in [6, 6.07) is 14.1. The van der Waals surface area contributed by atoms with Gasteiger partial charge in [-0.1, -0.05) is 50.3 Å². The van der Waals surface area contributed by atoms with E-state index in [1.807, 2.05) is 0 Å². The van der Waals surface area contributed by atoms with Crippen LogP contribution >= 0.6 is 0 Å². The molecule has 0 aromatic heterocycles. The van der Waals surface area contributed by atoms with Crippen LogP contribution in [0.2, 0.25) is 0 Å². The van der Waals surface area contributed by atoms with Crippen LogP contribution in [0.4, 0.5) is 0 Å². The zero-order chi connectivity index (χ0) is 21.2. The first kappa shape index (κ1) is 17.5. The predicted molar refractivity (Wildman–Crippen MR) is 120 cm³/mol. The highest BCUT2D eigenvalue weighted by molar-refractivity contribution is 5.66. The van der Waals surface area contributed by atoms with Crippen molar-refractivity contribution in [3.8, 4) is 0 Å². The van der Waals surface area contributed by atoms with Gasteiger partial charge in [-0.2, -0.15) is 0 Å². The summed E-state index contributed by atoms with van der Waals surface area (Å²) in [7, 11) is 0. The van der Waals surface area contributed by atoms with Crippen molar-refractivity contribution in [2.24, 2.45) is 17.3 Å². The van der Waals surface area contributed by atoms with Crippen LogP contribution in [0.1, 0.15) is 78.7 Å². The highest BCUT2D eigenvalue weighted by Gasteiger charge is 2.76. The number of fused-ring (bicyclic) bond motifs is 6. The van der Waals surface area contributed by atoms with Crippen molar-refractivity contribution < 1.29 is 14.2 Å². The predicted octanol–water partition coefficient (Wildman–Crippen LogP) is 5.59. The fourth-order valence-electron chi connectivity index (χ4n) is 8.48. The lowest BCUT2D eigenvalue weighted by atomic mass is 9.42. The lowest BCUT2D eigenvalue weighted by Gasteiger charge is -2.60. The molecule has 32 heavy (non-hydrogen) atoms. The molecule has 6 fully saturated rings. The van der Waals surface area contributed by atoms with E-state index in [0.717, 1.165) is 18.3 Å². The Labute approximate surface area is 188 Å². The Morgan fingerprint density at radius 1 is 0.969 bits per heavy atom. The van der Waals surface area contributed by atoms with E-state index >= 15 is 0 Å². The smallest absolute Gasteiger partial charge is 0.143 e. The maximum Gasteiger partial charge on any atom is 0.143 e. The van der Waals surface area contributed by atoms with E-state index in [4.69, 9.17) is 14.2 Å². The SMILES string of the molecule is CC1(C)C2CC1C1(C)OC1C2c1ccc2c(c1)C=CC1(c3ccc4c(c3)C3OC3C4)OC21. The van der Waals surface area contributed by atoms with Crippen LogP contribution in [0.25, 0.3) is 6.08 Å². The molecule has 10 rings (SSSR count). The molecule has 2 bridgehead atoms. The van der Waals surface area contributed by atoms with Crippen LogP contribution in [-0.2, 0) is 26.2 Å². The van der Waals surface area contributed by atoms with E-state index in [-0.39, 0.29) is 17.3 Å². The van der Waals surface area contributed by atoms with Gasteiger partial charge in [0.1, 0.15) is 17.8 Å². The molecule has 0 N–H and O–H groups in total. The van der Waals surface area contributed by atoms with Crippen LogP contribution in [0.5, 0.6) is 0 Å². The van der Waals surface area contributed by atoms with Crippen LogP contribution in [0.3, 0.4) is 0 Å². The summed E-state index contributed by atoms with van der Waals surface area (Å²) < 4.78 is 18.6. The molecule has 2 aromatic carbocycles. The van der Waals surface area contributed by atoms with Crippen molar-refractivity contribution in [1.29, 1.82) is 0 Å². The molecule has 9 atom stereocenters. The largest absolute Gasteiger partial charge is 0.365 e. The van der Waals surface area contributed by atoms with Crippen molar-refractivity contribution in [2.75, 3.05) is 0 Å². The second-order valence-corrected chi connectivity index (χ2v) is 12.2. The number of hydrogen-bond donors (Lipinski definition) is 0. The molecule has 3 saturated carbocycles. The maximum absolute atomic E-state index is 6.43. The summed E-state index contributed by atoms with van der Waals surface area (Å²) in [5.41, 5.74) is 8.43. The molecule has 162 valence electrons. The Morgan fingerprint density at radius 3 is 2.75 bits per heavy atom. The summed E-state index contributed by atoms with van der Waals surface area (Å²) >= 11 is 0. The van der Waals surface area contributed by atoms with Gasteiger partial charge in [-0.3, -0.25) is 0 Å². The first-order valence-electron chi connectivity index (χ1n) is 12.4. The third-order valence-electron chi connectivity index (χ3n) is 10.5. The third-order valence-corrected chi connectivity index (χ3v) is 10.5. The van der Waals surface area contributed by atoms with Gasteiger partial charge >= 0.3 is 0 Å². The van der Waals surface area contributed by atoms with Crippen molar-refractivity contribution in [3.05, 3.63) is 75.9 Å². The second kappa shape index (κ2) is 4.94. The number of rotatable bonds is 2. The van der Waals surface area contributed by atoms with E-state index in [2.05, 4.69) is 69.3 Å². The Balaban J connectivity index is 1.07. The van der Waals surface area contributed by atoms with Crippen molar-refractivity contribution >= 4 is 6.08 Å². The molecule has 0 amide bonds. The molecule has 2 aromatic rings. The van der Waals surface area contributed by atoms with Gasteiger partial charge in [-0.25, -0.2) is 0 Å². The first-order valence-corrected chi connectivity index (χ1v) is 12.4. The fraction of sp³-hybridized carbons (Fsp3) is 0.517. The van der Waals surface area contributed by atoms with E-state index < -0.39 is 0 Å². The molecular weight excluding hydrogens is 396 g/mol. The summed E-state index contributed by atoms with van der Waals surface area (Å²) in [4.78, 5) is 0. The summed E-state index contributed by atoms with van der Waals surface area (Å²) in [6.45, 7) is 7.26. The lowest BCUT2D eigenvalue weighted by molar-refractivity contribution is -0.0908. The summed E-state index contributed by atoms with van der Waals surface area (Å²) in [5, 5.41) is 0. The van der Waals surface area contributed by atoms with Gasteiger partial charge in [0.05, 0.1) is 17.8 Å². The molecule has 3 saturated heterocycles. The molecule has 3 nitrogen and oxygen atoms in total. The molecular formula is C29H28O3. The zero-order valence-electron chi connectivity index (χ0n) is 18.8. The third kappa shape index (κ3) is 1.83. The van der Waals surface area contributed by atoms with E-state index in [1.165, 1.54) is 39.8 Å². The van der Waals surface area contributed by atoms with Gasteiger partial charge in [0.15, 0.2) is 0 Å². The molecule has 3 heteroatoms. The number of ether oxygens (including phenoxy) is 3. The molecule has 3 heterocycles. The minimum atomic E-state index is -0.289. The molecule has 9 unspecified atom stereocenters. The van der Waals surface area contributed by atoms with E-state index in [9.17, 15) is 0 Å². The minimum absolute atomic E-state index is 0.0985. The average molecular weight is 425 g/mol. The second-order valence-electron chi connectivity index (χ2n) is 12.2. The van der Waals surface area contributed by atoms with Crippen LogP contribution in [0.15, 0.2) is 42.5 Å². The van der Waals surface area contributed by atoms with Crippen molar-refractivity contribution in [2.45, 2.75) is 75.1 Å². The van der Waals surface area contributed by atoms with Crippen LogP contribution in [0, 0.1) is 17.3 Å². The van der Waals surface area contributed by atoms with E-state index in [0.29, 0.717) is 29.6 Å². The van der Waals surface area contributed by atoms with Gasteiger partial charge < -0.3 is 14.2 Å². The van der Waals surface area contributed by atoms with E-state index in [1.54, 1.807) is 0 Å². The van der Waals surface area contributed by atoms with Crippen molar-refractivity contribution in [1.82, 2.24) is 0 Å². The van der Waals surface area contributed by atoms with Gasteiger partial charge in [-0.15, -0.1) is 0 Å². The highest BCUT2D eigenvalue weighted by Crippen LogP contribution is 2.74. The Bertz CT molecular complexity index is 1270. The minimum Gasteiger partial charge on any atom is -0.365 e. The summed E-state index contributed by atoms with van der Waals surface area (Å²) in [6.07, 6.45) is 8.29. The average Bonchev–Trinajstić information content (AvgIpc) is 3.71. The van der Waals surface area contributed by atoms with Crippen LogP contribution in [-0.4, -0.2) is 17.8 Å². The van der Waals surface area contributed by atoms with Gasteiger partial charge in [0.25, 0.3) is 0 Å². The first-order chi connectivity index (χ1) is 15.4. The molecule has 0 spiro atoms. The normalized spacial score (nSPS) is 48.5. The van der Waals surface area contributed by atoms with Crippen molar-refractivity contribution in [3.63, 3.8) is 0 Å².